The van der Waals surface area contributed by atoms with Gasteiger partial charge in [-0.2, -0.15) is 0 Å². The average Bonchev–Trinajstić information content (AvgIpc) is 2.99. The van der Waals surface area contributed by atoms with E-state index in [1.165, 1.54) is 11.1 Å². The Balaban J connectivity index is 1.56. The molecule has 0 unspecified atom stereocenters. The van der Waals surface area contributed by atoms with Gasteiger partial charge in [-0.05, 0) is 89.5 Å². The minimum atomic E-state index is -0.143. The molecular formula is C24H23IN2O2. The normalized spacial score (nSPS) is 13.3. The van der Waals surface area contributed by atoms with E-state index in [-0.39, 0.29) is 5.91 Å². The van der Waals surface area contributed by atoms with E-state index >= 15 is 0 Å². The Bertz CT molecular complexity index is 1010. The molecule has 2 N–H and O–H groups in total. The minimum Gasteiger partial charge on any atom is -0.488 e. The molecule has 0 spiro atoms. The van der Waals surface area contributed by atoms with Crippen LogP contribution in [0, 0.1) is 3.57 Å². The third kappa shape index (κ3) is 4.97. The van der Waals surface area contributed by atoms with Crippen LogP contribution in [0.25, 0.3) is 0 Å². The molecule has 3 aromatic rings. The van der Waals surface area contributed by atoms with Crippen LogP contribution in [0.2, 0.25) is 0 Å². The van der Waals surface area contributed by atoms with E-state index in [1.807, 2.05) is 60.7 Å². The molecule has 0 fully saturated rings. The number of rotatable bonds is 5. The van der Waals surface area contributed by atoms with Gasteiger partial charge in [-0.15, -0.1) is 0 Å². The Morgan fingerprint density at radius 3 is 2.69 bits per heavy atom. The van der Waals surface area contributed by atoms with Crippen LogP contribution >= 0.6 is 22.6 Å². The summed E-state index contributed by atoms with van der Waals surface area (Å²) in [6, 6.07) is 21.8. The van der Waals surface area contributed by atoms with Gasteiger partial charge in [0.25, 0.3) is 5.91 Å². The first-order chi connectivity index (χ1) is 14.2. The van der Waals surface area contributed by atoms with Gasteiger partial charge in [0.05, 0.1) is 5.56 Å². The molecular weight excluding hydrogens is 475 g/mol. The monoisotopic (exact) mass is 498 g/mol. The SMILES string of the molecule is O=C(Nc1cccc2c1CCNCC2)c1ccc(I)cc1OCc1ccccc1. The van der Waals surface area contributed by atoms with Crippen LogP contribution in [0.15, 0.2) is 66.7 Å². The van der Waals surface area contributed by atoms with Gasteiger partial charge in [0.2, 0.25) is 0 Å². The van der Waals surface area contributed by atoms with Crippen molar-refractivity contribution in [3.63, 3.8) is 0 Å². The van der Waals surface area contributed by atoms with Crippen LogP contribution in [0.1, 0.15) is 27.0 Å². The second kappa shape index (κ2) is 9.41. The number of carbonyl (C=O) groups excluding carboxylic acids is 1. The van der Waals surface area contributed by atoms with Gasteiger partial charge < -0.3 is 15.4 Å². The molecule has 0 saturated heterocycles. The summed E-state index contributed by atoms with van der Waals surface area (Å²) >= 11 is 2.24. The molecule has 0 aromatic heterocycles. The summed E-state index contributed by atoms with van der Waals surface area (Å²) in [6.45, 7) is 2.32. The van der Waals surface area contributed by atoms with E-state index in [2.05, 4.69) is 39.3 Å². The van der Waals surface area contributed by atoms with Gasteiger partial charge >= 0.3 is 0 Å². The number of carbonyl (C=O) groups is 1. The van der Waals surface area contributed by atoms with Crippen molar-refractivity contribution < 1.29 is 9.53 Å². The van der Waals surface area contributed by atoms with Gasteiger partial charge in [-0.1, -0.05) is 42.5 Å². The summed E-state index contributed by atoms with van der Waals surface area (Å²) in [4.78, 5) is 13.1. The molecule has 4 rings (SSSR count). The van der Waals surface area contributed by atoms with Crippen LogP contribution < -0.4 is 15.4 Å². The average molecular weight is 498 g/mol. The van der Waals surface area contributed by atoms with E-state index in [1.54, 1.807) is 0 Å². The molecule has 0 atom stereocenters. The lowest BCUT2D eigenvalue weighted by atomic mass is 10.0. The van der Waals surface area contributed by atoms with Gasteiger partial charge in [-0.25, -0.2) is 0 Å². The molecule has 4 nitrogen and oxygen atoms in total. The quantitative estimate of drug-likeness (QED) is 0.497. The summed E-state index contributed by atoms with van der Waals surface area (Å²) in [5, 5.41) is 6.54. The number of fused-ring (bicyclic) bond motifs is 1. The van der Waals surface area contributed by atoms with Crippen LogP contribution in [-0.4, -0.2) is 19.0 Å². The molecule has 1 aliphatic rings. The van der Waals surface area contributed by atoms with Gasteiger partial charge in [0, 0.05) is 9.26 Å². The summed E-state index contributed by atoms with van der Waals surface area (Å²) in [5.41, 5.74) is 5.03. The largest absolute Gasteiger partial charge is 0.488 e. The van der Waals surface area contributed by atoms with E-state index in [4.69, 9.17) is 4.74 Å². The second-order valence-corrected chi connectivity index (χ2v) is 8.31. The zero-order chi connectivity index (χ0) is 20.1. The number of benzene rings is 3. The van der Waals surface area contributed by atoms with Crippen molar-refractivity contribution in [2.45, 2.75) is 19.4 Å². The third-order valence-corrected chi connectivity index (χ3v) is 5.74. The maximum Gasteiger partial charge on any atom is 0.259 e. The van der Waals surface area contributed by atoms with E-state index in [0.717, 1.165) is 40.8 Å². The maximum absolute atomic E-state index is 13.1. The summed E-state index contributed by atoms with van der Waals surface area (Å²) < 4.78 is 7.05. The lowest BCUT2D eigenvalue weighted by Gasteiger charge is -2.15. The van der Waals surface area contributed by atoms with E-state index < -0.39 is 0 Å². The fraction of sp³-hybridized carbons (Fsp3) is 0.208. The summed E-state index contributed by atoms with van der Waals surface area (Å²) in [5.74, 6) is 0.456. The maximum atomic E-state index is 13.1. The van der Waals surface area contributed by atoms with Gasteiger partial charge in [-0.3, -0.25) is 4.79 Å². The Morgan fingerprint density at radius 1 is 1.00 bits per heavy atom. The van der Waals surface area contributed by atoms with Crippen molar-refractivity contribution in [3.05, 3.63) is 92.6 Å². The number of amides is 1. The molecule has 0 aliphatic carbocycles. The molecule has 148 valence electrons. The fourth-order valence-electron chi connectivity index (χ4n) is 3.57. The predicted molar refractivity (Wildman–Crippen MR) is 125 cm³/mol. The number of nitrogens with one attached hydrogen (secondary N) is 2. The molecule has 0 radical (unpaired) electrons. The summed E-state index contributed by atoms with van der Waals surface area (Å²) in [7, 11) is 0. The van der Waals surface area contributed by atoms with Crippen LogP contribution in [-0.2, 0) is 19.4 Å². The van der Waals surface area contributed by atoms with Gasteiger partial charge in [0.1, 0.15) is 12.4 Å². The van der Waals surface area contributed by atoms with Crippen LogP contribution in [0.4, 0.5) is 5.69 Å². The number of ether oxygens (including phenoxy) is 1. The Hall–Kier alpha value is -2.38. The molecule has 3 aromatic carbocycles. The van der Waals surface area contributed by atoms with Crippen molar-refractivity contribution in [2.24, 2.45) is 0 Å². The molecule has 1 aliphatic heterocycles. The minimum absolute atomic E-state index is 0.143. The second-order valence-electron chi connectivity index (χ2n) is 7.06. The fourth-order valence-corrected chi connectivity index (χ4v) is 4.03. The van der Waals surface area contributed by atoms with E-state index in [0.29, 0.717) is 17.9 Å². The first-order valence-corrected chi connectivity index (χ1v) is 10.9. The highest BCUT2D eigenvalue weighted by molar-refractivity contribution is 14.1. The topological polar surface area (TPSA) is 50.4 Å². The first-order valence-electron chi connectivity index (χ1n) is 9.80. The molecule has 0 bridgehead atoms. The van der Waals surface area contributed by atoms with Crippen molar-refractivity contribution >= 4 is 34.2 Å². The highest BCUT2D eigenvalue weighted by Gasteiger charge is 2.17. The Kier molecular flexibility index (Phi) is 6.46. The standard InChI is InChI=1S/C24H23IN2O2/c25-19-9-10-21(23(15-19)29-16-17-5-2-1-3-6-17)24(28)27-22-8-4-7-18-11-13-26-14-12-20(18)22/h1-10,15,26H,11-14,16H2,(H,27,28). The molecule has 1 amide bonds. The van der Waals surface area contributed by atoms with Crippen LogP contribution in [0.5, 0.6) is 5.75 Å². The lowest BCUT2D eigenvalue weighted by molar-refractivity contribution is 0.102. The number of halogens is 1. The molecule has 29 heavy (non-hydrogen) atoms. The number of hydrogen-bond donors (Lipinski definition) is 2. The van der Waals surface area contributed by atoms with Gasteiger partial charge in [0.15, 0.2) is 0 Å². The molecule has 1 heterocycles. The smallest absolute Gasteiger partial charge is 0.259 e. The highest BCUT2D eigenvalue weighted by Crippen LogP contribution is 2.27. The zero-order valence-corrected chi connectivity index (χ0v) is 18.2. The van der Waals surface area contributed by atoms with Crippen molar-refractivity contribution in [1.82, 2.24) is 5.32 Å². The Morgan fingerprint density at radius 2 is 1.83 bits per heavy atom. The summed E-state index contributed by atoms with van der Waals surface area (Å²) in [6.07, 6.45) is 1.89. The van der Waals surface area contributed by atoms with Crippen molar-refractivity contribution in [3.8, 4) is 5.75 Å². The molecule has 0 saturated carbocycles. The zero-order valence-electron chi connectivity index (χ0n) is 16.1. The number of hydrogen-bond acceptors (Lipinski definition) is 3. The number of anilines is 1. The highest BCUT2D eigenvalue weighted by atomic mass is 127. The third-order valence-electron chi connectivity index (χ3n) is 5.07. The first kappa shape index (κ1) is 19.9. The van der Waals surface area contributed by atoms with E-state index in [9.17, 15) is 4.79 Å². The van der Waals surface area contributed by atoms with Crippen LogP contribution in [0.3, 0.4) is 0 Å². The molecule has 5 heteroatoms. The lowest BCUT2D eigenvalue weighted by Crippen LogP contribution is -2.17. The van der Waals surface area contributed by atoms with Crippen molar-refractivity contribution in [2.75, 3.05) is 18.4 Å². The van der Waals surface area contributed by atoms with Crippen molar-refractivity contribution in [1.29, 1.82) is 0 Å². The predicted octanol–water partition coefficient (Wildman–Crippen LogP) is 4.81. The Labute approximate surface area is 184 Å².